The molecule has 260 valence electrons. The maximum absolute atomic E-state index is 11.4. The maximum Gasteiger partial charge on any atom is 0.247 e. The lowest BCUT2D eigenvalue weighted by molar-refractivity contribution is -0.112. The van der Waals surface area contributed by atoms with Crippen molar-refractivity contribution in [2.24, 2.45) is 0 Å². The van der Waals surface area contributed by atoms with E-state index in [1.807, 2.05) is 84.9 Å². The van der Waals surface area contributed by atoms with Crippen molar-refractivity contribution in [2.75, 3.05) is 31.9 Å². The average molecular weight is 821 g/mol. The van der Waals surface area contributed by atoms with Crippen LogP contribution in [0.3, 0.4) is 0 Å². The number of halogens is 2. The molecule has 6 aromatic rings. The average Bonchev–Trinajstić information content (AvgIpc) is 3.13. The van der Waals surface area contributed by atoms with Crippen molar-refractivity contribution in [3.8, 4) is 0 Å². The van der Waals surface area contributed by atoms with Crippen LogP contribution < -0.4 is 31.9 Å². The molecule has 12 nitrogen and oxygen atoms in total. The van der Waals surface area contributed by atoms with Gasteiger partial charge in [-0.25, -0.2) is 19.9 Å². The lowest BCUT2D eigenvalue weighted by atomic mass is 10.2. The molecule has 0 unspecified atom stereocenters. The van der Waals surface area contributed by atoms with Crippen LogP contribution in [-0.2, 0) is 9.59 Å². The number of carbonyl (C=O) groups excluding carboxylic acids is 2. The fourth-order valence-corrected chi connectivity index (χ4v) is 5.21. The molecule has 52 heavy (non-hydrogen) atoms. The molecule has 0 saturated heterocycles. The Morgan fingerprint density at radius 1 is 0.462 bits per heavy atom. The Morgan fingerprint density at radius 3 is 1.27 bits per heavy atom. The van der Waals surface area contributed by atoms with Gasteiger partial charge in [-0.05, 0) is 91.0 Å². The van der Waals surface area contributed by atoms with Crippen LogP contribution in [-0.4, -0.2) is 31.8 Å². The van der Waals surface area contributed by atoms with E-state index < -0.39 is 0 Å². The third kappa shape index (κ3) is 11.9. The molecule has 0 bridgehead atoms. The van der Waals surface area contributed by atoms with E-state index in [0.717, 1.165) is 31.7 Å². The van der Waals surface area contributed by atoms with Crippen molar-refractivity contribution < 1.29 is 9.59 Å². The summed E-state index contributed by atoms with van der Waals surface area (Å²) < 4.78 is 1.96. The quantitative estimate of drug-likeness (QED) is 0.0657. The SMILES string of the molecule is C=CC(=O)Nc1ccc(Nc2cc(Nc3cccc(Br)c3)ncn2)cc1.C=CC(=O)Nc1cccc(Nc2cc(Nc3cccc(Br)c3)ncn2)c1. The Labute approximate surface area is 317 Å². The summed E-state index contributed by atoms with van der Waals surface area (Å²) in [5, 5.41) is 18.3. The molecule has 0 atom stereocenters. The van der Waals surface area contributed by atoms with E-state index in [0.29, 0.717) is 34.6 Å². The van der Waals surface area contributed by atoms with Crippen LogP contribution in [0.25, 0.3) is 0 Å². The number of benzene rings is 4. The summed E-state index contributed by atoms with van der Waals surface area (Å²) in [4.78, 5) is 39.6. The highest BCUT2D eigenvalue weighted by Gasteiger charge is 2.05. The lowest BCUT2D eigenvalue weighted by Gasteiger charge is -2.10. The van der Waals surface area contributed by atoms with Gasteiger partial charge in [0.25, 0.3) is 0 Å². The zero-order chi connectivity index (χ0) is 36.7. The van der Waals surface area contributed by atoms with E-state index in [9.17, 15) is 9.59 Å². The monoisotopic (exact) mass is 818 g/mol. The molecule has 6 N–H and O–H groups in total. The van der Waals surface area contributed by atoms with Crippen molar-refractivity contribution in [3.63, 3.8) is 0 Å². The van der Waals surface area contributed by atoms with E-state index in [-0.39, 0.29) is 11.8 Å². The maximum atomic E-state index is 11.4. The second-order valence-electron chi connectivity index (χ2n) is 10.6. The summed E-state index contributed by atoms with van der Waals surface area (Å²) in [6.07, 6.45) is 5.42. The summed E-state index contributed by atoms with van der Waals surface area (Å²) in [7, 11) is 0. The van der Waals surface area contributed by atoms with Crippen molar-refractivity contribution in [1.29, 1.82) is 0 Å². The predicted octanol–water partition coefficient (Wildman–Crippen LogP) is 9.70. The molecule has 0 radical (unpaired) electrons. The Balaban J connectivity index is 0.000000201. The zero-order valence-electron chi connectivity index (χ0n) is 27.5. The smallest absolute Gasteiger partial charge is 0.247 e. The second kappa shape index (κ2) is 18.6. The number of anilines is 10. The molecule has 0 saturated carbocycles. The van der Waals surface area contributed by atoms with Crippen LogP contribution in [0.2, 0.25) is 0 Å². The first kappa shape index (κ1) is 36.9. The van der Waals surface area contributed by atoms with Gasteiger partial charge in [-0.15, -0.1) is 0 Å². The van der Waals surface area contributed by atoms with E-state index in [1.165, 1.54) is 24.8 Å². The first-order valence-corrected chi connectivity index (χ1v) is 17.1. The summed E-state index contributed by atoms with van der Waals surface area (Å²) >= 11 is 6.88. The fraction of sp³-hybridized carbons (Fsp3) is 0. The third-order valence-corrected chi connectivity index (χ3v) is 7.71. The molecule has 14 heteroatoms. The van der Waals surface area contributed by atoms with Gasteiger partial charge in [0, 0.05) is 55.2 Å². The first-order chi connectivity index (χ1) is 25.2. The summed E-state index contributed by atoms with van der Waals surface area (Å²) in [5.74, 6) is 2.12. The number of aromatic nitrogens is 4. The van der Waals surface area contributed by atoms with Gasteiger partial charge in [0.15, 0.2) is 0 Å². The zero-order valence-corrected chi connectivity index (χ0v) is 30.6. The van der Waals surface area contributed by atoms with E-state index in [2.05, 4.69) is 96.9 Å². The molecule has 2 aromatic heterocycles. The number of hydrogen-bond donors (Lipinski definition) is 6. The number of hydrogen-bond acceptors (Lipinski definition) is 10. The summed E-state index contributed by atoms with van der Waals surface area (Å²) in [6.45, 7) is 6.87. The molecule has 4 aromatic carbocycles. The minimum absolute atomic E-state index is 0.246. The van der Waals surface area contributed by atoms with Crippen molar-refractivity contribution in [3.05, 3.63) is 156 Å². The van der Waals surface area contributed by atoms with Crippen LogP contribution >= 0.6 is 31.9 Å². The first-order valence-electron chi connectivity index (χ1n) is 15.5. The van der Waals surface area contributed by atoms with Crippen LogP contribution in [0.1, 0.15) is 0 Å². The number of rotatable bonds is 12. The minimum Gasteiger partial charge on any atom is -0.340 e. The van der Waals surface area contributed by atoms with Gasteiger partial charge in [-0.1, -0.05) is 63.2 Å². The highest BCUT2D eigenvalue weighted by molar-refractivity contribution is 9.10. The molecule has 2 heterocycles. The third-order valence-electron chi connectivity index (χ3n) is 6.73. The van der Waals surface area contributed by atoms with Gasteiger partial charge >= 0.3 is 0 Å². The largest absolute Gasteiger partial charge is 0.340 e. The molecule has 0 aliphatic carbocycles. The van der Waals surface area contributed by atoms with Gasteiger partial charge < -0.3 is 31.9 Å². The standard InChI is InChI=1S/2C19H16BrN5O/c1-2-19(26)25-16-8-4-7-15(10-16)24-18-11-17(21-12-22-18)23-14-6-3-5-13(20)9-14;1-2-19(26)25-15-8-6-14(7-9-15)23-17-11-18(22-12-21-17)24-16-5-3-4-13(20)10-16/h2*2-12H,1H2,(H,25,26)(H2,21,22,23,24). The highest BCUT2D eigenvalue weighted by Crippen LogP contribution is 2.24. The van der Waals surface area contributed by atoms with Gasteiger partial charge in [-0.3, -0.25) is 9.59 Å². The molecule has 0 aliphatic rings. The molecular formula is C38H32Br2N10O2. The Morgan fingerprint density at radius 2 is 0.827 bits per heavy atom. The Hall–Kier alpha value is -6.38. The van der Waals surface area contributed by atoms with Crippen molar-refractivity contribution in [1.82, 2.24) is 19.9 Å². The van der Waals surface area contributed by atoms with Gasteiger partial charge in [0.05, 0.1) is 0 Å². The van der Waals surface area contributed by atoms with Gasteiger partial charge in [0.1, 0.15) is 35.9 Å². The Bertz CT molecular complexity index is 2180. The number of carbonyl (C=O) groups is 2. The summed E-state index contributed by atoms with van der Waals surface area (Å²) in [6, 6.07) is 33.9. The molecule has 0 fully saturated rings. The molecule has 2 amide bonds. The molecule has 0 aliphatic heterocycles. The molecule has 6 rings (SSSR count). The van der Waals surface area contributed by atoms with Crippen molar-refractivity contribution in [2.45, 2.75) is 0 Å². The van der Waals surface area contributed by atoms with Crippen molar-refractivity contribution >= 4 is 101 Å². The topological polar surface area (TPSA) is 158 Å². The number of amides is 2. The van der Waals surface area contributed by atoms with Gasteiger partial charge in [-0.2, -0.15) is 0 Å². The Kier molecular flexibility index (Phi) is 13.2. The van der Waals surface area contributed by atoms with E-state index >= 15 is 0 Å². The van der Waals surface area contributed by atoms with E-state index in [4.69, 9.17) is 0 Å². The predicted molar refractivity (Wildman–Crippen MR) is 216 cm³/mol. The number of nitrogens with one attached hydrogen (secondary N) is 6. The molecule has 0 spiro atoms. The highest BCUT2D eigenvalue weighted by atomic mass is 79.9. The van der Waals surface area contributed by atoms with Crippen LogP contribution in [0.5, 0.6) is 0 Å². The van der Waals surface area contributed by atoms with E-state index in [1.54, 1.807) is 24.3 Å². The minimum atomic E-state index is -0.260. The van der Waals surface area contributed by atoms with Crippen LogP contribution in [0.15, 0.2) is 156 Å². The lowest BCUT2D eigenvalue weighted by Crippen LogP contribution is -2.07. The van der Waals surface area contributed by atoms with Gasteiger partial charge in [0.2, 0.25) is 11.8 Å². The summed E-state index contributed by atoms with van der Waals surface area (Å²) in [5.41, 5.74) is 4.83. The number of nitrogens with zero attached hydrogens (tertiary/aromatic N) is 4. The second-order valence-corrected chi connectivity index (χ2v) is 12.5. The molecular weight excluding hydrogens is 788 g/mol. The van der Waals surface area contributed by atoms with Crippen LogP contribution in [0, 0.1) is 0 Å². The van der Waals surface area contributed by atoms with Crippen LogP contribution in [0.4, 0.5) is 57.4 Å². The normalized spacial score (nSPS) is 10.0. The fourth-order valence-electron chi connectivity index (χ4n) is 4.41.